The molecule has 0 aliphatic rings. The maximum Gasteiger partial charge on any atom is 0.471 e. The van der Waals surface area contributed by atoms with E-state index in [9.17, 15) is 22.8 Å². The van der Waals surface area contributed by atoms with Crippen molar-refractivity contribution in [2.75, 3.05) is 12.4 Å². The first-order chi connectivity index (χ1) is 11.8. The third-order valence-corrected chi connectivity index (χ3v) is 3.25. The van der Waals surface area contributed by atoms with Crippen LogP contribution in [0.4, 0.5) is 18.9 Å². The molecule has 2 amide bonds. The van der Waals surface area contributed by atoms with Crippen molar-refractivity contribution in [3.8, 4) is 5.75 Å². The second kappa shape index (κ2) is 7.69. The van der Waals surface area contributed by atoms with Crippen LogP contribution < -0.4 is 15.4 Å². The molecule has 0 unspecified atom stereocenters. The number of rotatable bonds is 5. The van der Waals surface area contributed by atoms with Crippen LogP contribution in [0.5, 0.6) is 5.75 Å². The number of methoxy groups -OCH3 is 1. The van der Waals surface area contributed by atoms with Gasteiger partial charge in [0.25, 0.3) is 5.91 Å². The first-order valence-corrected chi connectivity index (χ1v) is 7.19. The Morgan fingerprint density at radius 1 is 1.08 bits per heavy atom. The third kappa shape index (κ3) is 5.23. The van der Waals surface area contributed by atoms with E-state index in [1.165, 1.54) is 31.4 Å². The largest absolute Gasteiger partial charge is 0.497 e. The lowest BCUT2D eigenvalue weighted by atomic mass is 10.1. The number of carbonyl (C=O) groups is 2. The molecule has 0 saturated carbocycles. The van der Waals surface area contributed by atoms with E-state index in [1.807, 2.05) is 0 Å². The molecule has 0 aromatic heterocycles. The highest BCUT2D eigenvalue weighted by Gasteiger charge is 2.38. The molecule has 2 N–H and O–H groups in total. The summed E-state index contributed by atoms with van der Waals surface area (Å²) >= 11 is 0. The van der Waals surface area contributed by atoms with Gasteiger partial charge in [0.1, 0.15) is 5.75 Å². The van der Waals surface area contributed by atoms with Crippen molar-refractivity contribution in [2.45, 2.75) is 12.7 Å². The van der Waals surface area contributed by atoms with Gasteiger partial charge in [-0.15, -0.1) is 0 Å². The Bertz CT molecular complexity index is 758. The number of hydrogen-bond donors (Lipinski definition) is 2. The second-order valence-corrected chi connectivity index (χ2v) is 5.06. The number of nitrogens with one attached hydrogen (secondary N) is 2. The topological polar surface area (TPSA) is 67.4 Å². The Morgan fingerprint density at radius 3 is 2.36 bits per heavy atom. The van der Waals surface area contributed by atoms with Gasteiger partial charge >= 0.3 is 12.1 Å². The molecule has 2 aromatic carbocycles. The molecule has 8 heteroatoms. The number of alkyl halides is 3. The summed E-state index contributed by atoms with van der Waals surface area (Å²) in [5.74, 6) is -1.79. The zero-order valence-electron chi connectivity index (χ0n) is 13.2. The van der Waals surface area contributed by atoms with Gasteiger partial charge in [-0.1, -0.05) is 18.2 Å². The highest BCUT2D eigenvalue weighted by Crippen LogP contribution is 2.18. The van der Waals surface area contributed by atoms with E-state index in [-0.39, 0.29) is 18.1 Å². The second-order valence-electron chi connectivity index (χ2n) is 5.06. The first kappa shape index (κ1) is 18.3. The molecule has 0 aliphatic heterocycles. The Balaban J connectivity index is 1.93. The summed E-state index contributed by atoms with van der Waals surface area (Å²) in [6.07, 6.45) is -4.94. The van der Waals surface area contributed by atoms with E-state index in [1.54, 1.807) is 29.6 Å². The van der Waals surface area contributed by atoms with Crippen LogP contribution in [0.2, 0.25) is 0 Å². The van der Waals surface area contributed by atoms with Gasteiger partial charge in [-0.05, 0) is 35.9 Å². The van der Waals surface area contributed by atoms with E-state index in [0.717, 1.165) is 0 Å². The first-order valence-electron chi connectivity index (χ1n) is 7.19. The number of carbonyl (C=O) groups excluding carboxylic acids is 2. The van der Waals surface area contributed by atoms with Crippen LogP contribution in [0.25, 0.3) is 0 Å². The predicted octanol–water partition coefficient (Wildman–Crippen LogP) is 3.13. The maximum absolute atomic E-state index is 12.2. The number of amides is 2. The van der Waals surface area contributed by atoms with E-state index >= 15 is 0 Å². The van der Waals surface area contributed by atoms with Crippen molar-refractivity contribution in [3.05, 3.63) is 59.7 Å². The average Bonchev–Trinajstić information content (AvgIpc) is 2.60. The molecular formula is C17H15F3N2O3. The fraction of sp³-hybridized carbons (Fsp3) is 0.176. The Kier molecular flexibility index (Phi) is 5.63. The van der Waals surface area contributed by atoms with Crippen LogP contribution in [0.3, 0.4) is 0 Å². The van der Waals surface area contributed by atoms with Crippen molar-refractivity contribution in [1.82, 2.24) is 5.32 Å². The quantitative estimate of drug-likeness (QED) is 0.869. The van der Waals surface area contributed by atoms with Gasteiger partial charge in [0, 0.05) is 17.8 Å². The lowest BCUT2D eigenvalue weighted by molar-refractivity contribution is -0.167. The molecular weight excluding hydrogens is 337 g/mol. The summed E-state index contributed by atoms with van der Waals surface area (Å²) in [6.45, 7) is 0.184. The maximum atomic E-state index is 12.2. The van der Waals surface area contributed by atoms with Crippen LogP contribution >= 0.6 is 0 Å². The minimum atomic E-state index is -4.94. The Morgan fingerprint density at radius 2 is 1.76 bits per heavy atom. The summed E-state index contributed by atoms with van der Waals surface area (Å²) in [5.41, 5.74) is 1.11. The molecule has 0 atom stereocenters. The van der Waals surface area contributed by atoms with Gasteiger partial charge in [0.05, 0.1) is 7.11 Å². The van der Waals surface area contributed by atoms with Crippen molar-refractivity contribution >= 4 is 17.5 Å². The van der Waals surface area contributed by atoms with Crippen molar-refractivity contribution < 1.29 is 27.5 Å². The average molecular weight is 352 g/mol. The Labute approximate surface area is 141 Å². The van der Waals surface area contributed by atoms with Crippen LogP contribution in [0, 0.1) is 0 Å². The molecule has 0 aliphatic carbocycles. The normalized spacial score (nSPS) is 10.9. The molecule has 0 heterocycles. The molecule has 5 nitrogen and oxygen atoms in total. The van der Waals surface area contributed by atoms with Crippen LogP contribution in [-0.4, -0.2) is 25.1 Å². The molecule has 0 saturated heterocycles. The smallest absolute Gasteiger partial charge is 0.471 e. The Hall–Kier alpha value is -3.03. The standard InChI is InChI=1S/C17H15F3N2O3/c1-25-14-4-2-3-12(9-14)15(23)21-10-11-5-7-13(8-6-11)22-16(24)17(18,19)20/h2-9H,10H2,1H3,(H,21,23)(H,22,24). The SMILES string of the molecule is COc1cccc(C(=O)NCc2ccc(NC(=O)C(F)(F)F)cc2)c1. The van der Waals surface area contributed by atoms with E-state index in [4.69, 9.17) is 4.74 Å². The zero-order valence-corrected chi connectivity index (χ0v) is 13.2. The van der Waals surface area contributed by atoms with Crippen molar-refractivity contribution in [1.29, 1.82) is 0 Å². The predicted molar refractivity (Wildman–Crippen MR) is 85.3 cm³/mol. The summed E-state index contributed by atoms with van der Waals surface area (Å²) in [4.78, 5) is 22.9. The van der Waals surface area contributed by atoms with Crippen molar-refractivity contribution in [3.63, 3.8) is 0 Å². The van der Waals surface area contributed by atoms with E-state index in [2.05, 4.69) is 5.32 Å². The highest BCUT2D eigenvalue weighted by molar-refractivity contribution is 5.95. The lowest BCUT2D eigenvalue weighted by Gasteiger charge is -2.09. The third-order valence-electron chi connectivity index (χ3n) is 3.25. The number of ether oxygens (including phenoxy) is 1. The lowest BCUT2D eigenvalue weighted by Crippen LogP contribution is -2.29. The molecule has 0 spiro atoms. The molecule has 2 rings (SSSR count). The van der Waals surface area contributed by atoms with Gasteiger partial charge in [-0.3, -0.25) is 9.59 Å². The fourth-order valence-electron chi connectivity index (χ4n) is 1.96. The van der Waals surface area contributed by atoms with Gasteiger partial charge in [-0.25, -0.2) is 0 Å². The van der Waals surface area contributed by atoms with Crippen LogP contribution in [0.1, 0.15) is 15.9 Å². The van der Waals surface area contributed by atoms with Gasteiger partial charge in [0.2, 0.25) is 0 Å². The molecule has 132 valence electrons. The monoisotopic (exact) mass is 352 g/mol. The molecule has 0 fully saturated rings. The van der Waals surface area contributed by atoms with E-state index < -0.39 is 12.1 Å². The van der Waals surface area contributed by atoms with Crippen molar-refractivity contribution in [2.24, 2.45) is 0 Å². The molecule has 0 radical (unpaired) electrons. The van der Waals surface area contributed by atoms with Gasteiger partial charge < -0.3 is 15.4 Å². The van der Waals surface area contributed by atoms with E-state index in [0.29, 0.717) is 16.9 Å². The highest BCUT2D eigenvalue weighted by atomic mass is 19.4. The number of halogens is 3. The minimum absolute atomic E-state index is 0.0187. The summed E-state index contributed by atoms with van der Waals surface area (Å²) in [6, 6.07) is 12.3. The number of anilines is 1. The summed E-state index contributed by atoms with van der Waals surface area (Å²) < 4.78 is 41.6. The van der Waals surface area contributed by atoms with Crippen LogP contribution in [0.15, 0.2) is 48.5 Å². The summed E-state index contributed by atoms with van der Waals surface area (Å²) in [7, 11) is 1.50. The minimum Gasteiger partial charge on any atom is -0.497 e. The number of benzene rings is 2. The van der Waals surface area contributed by atoms with Crippen LogP contribution in [-0.2, 0) is 11.3 Å². The van der Waals surface area contributed by atoms with Gasteiger partial charge in [0.15, 0.2) is 0 Å². The number of hydrogen-bond acceptors (Lipinski definition) is 3. The fourth-order valence-corrected chi connectivity index (χ4v) is 1.96. The zero-order chi connectivity index (χ0) is 18.4. The molecule has 25 heavy (non-hydrogen) atoms. The molecule has 0 bridgehead atoms. The van der Waals surface area contributed by atoms with Gasteiger partial charge in [-0.2, -0.15) is 13.2 Å². The summed E-state index contributed by atoms with van der Waals surface area (Å²) in [5, 5.41) is 4.44. The molecule has 2 aromatic rings.